The van der Waals surface area contributed by atoms with Gasteiger partial charge in [0.2, 0.25) is 5.91 Å². The van der Waals surface area contributed by atoms with E-state index in [2.05, 4.69) is 15.8 Å². The number of hydrogen-bond acceptors (Lipinski definition) is 6. The van der Waals surface area contributed by atoms with Gasteiger partial charge in [0.15, 0.2) is 0 Å². The van der Waals surface area contributed by atoms with Gasteiger partial charge in [-0.3, -0.25) is 4.79 Å². The van der Waals surface area contributed by atoms with Crippen molar-refractivity contribution in [2.24, 2.45) is 5.41 Å². The number of nitrogens with zero attached hydrogens (tertiary/aromatic N) is 1. The number of rotatable bonds is 8. The van der Waals surface area contributed by atoms with E-state index in [0.29, 0.717) is 18.9 Å². The molecule has 24 heavy (non-hydrogen) atoms. The Labute approximate surface area is 154 Å². The summed E-state index contributed by atoms with van der Waals surface area (Å²) in [4.78, 5) is 12.1. The second-order valence-corrected chi connectivity index (χ2v) is 7.24. The molecule has 2 N–H and O–H groups in total. The molecular weight excluding hydrogens is 350 g/mol. The molecule has 1 saturated heterocycles. The third-order valence-electron chi connectivity index (χ3n) is 4.44. The number of hydrogen-bond donors (Lipinski definition) is 2. The van der Waals surface area contributed by atoms with Crippen molar-refractivity contribution in [3.05, 3.63) is 17.0 Å². The maximum atomic E-state index is 12.1. The Morgan fingerprint density at radius 1 is 1.42 bits per heavy atom. The molecule has 0 saturated carbocycles. The van der Waals surface area contributed by atoms with E-state index in [4.69, 9.17) is 9.26 Å². The van der Waals surface area contributed by atoms with Gasteiger partial charge in [-0.2, -0.15) is 0 Å². The minimum Gasteiger partial charge on any atom is -0.384 e. The zero-order chi connectivity index (χ0) is 16.7. The molecule has 1 amide bonds. The monoisotopic (exact) mass is 377 g/mol. The summed E-state index contributed by atoms with van der Waals surface area (Å²) in [5.74, 6) is 2.12. The molecule has 0 radical (unpaired) electrons. The summed E-state index contributed by atoms with van der Waals surface area (Å²) in [6.45, 7) is 7.19. The van der Waals surface area contributed by atoms with Crippen LogP contribution in [0.3, 0.4) is 0 Å². The van der Waals surface area contributed by atoms with E-state index in [1.54, 1.807) is 18.9 Å². The van der Waals surface area contributed by atoms with Crippen molar-refractivity contribution in [1.29, 1.82) is 0 Å². The molecule has 1 aromatic rings. The normalized spacial score (nSPS) is 16.5. The molecule has 0 spiro atoms. The minimum absolute atomic E-state index is 0. The number of nitrogens with one attached hydrogen (secondary N) is 2. The number of piperidine rings is 1. The first-order valence-electron chi connectivity index (χ1n) is 8.02. The Morgan fingerprint density at radius 3 is 2.71 bits per heavy atom. The molecule has 1 aliphatic heterocycles. The van der Waals surface area contributed by atoms with Crippen molar-refractivity contribution < 1.29 is 14.1 Å². The lowest BCUT2D eigenvalue weighted by Crippen LogP contribution is -2.47. The number of aromatic nitrogens is 1. The molecule has 1 aliphatic rings. The SMILES string of the molecule is COCC1(CNC(=O)CSCc2c(C)noc2C)CCNCC1.Cl. The first kappa shape index (κ1) is 21.3. The van der Waals surface area contributed by atoms with Crippen LogP contribution in [0.25, 0.3) is 0 Å². The molecule has 1 fully saturated rings. The number of carbonyl (C=O) groups excluding carboxylic acids is 1. The topological polar surface area (TPSA) is 76.4 Å². The number of ether oxygens (including phenoxy) is 1. The van der Waals surface area contributed by atoms with Crippen LogP contribution < -0.4 is 10.6 Å². The highest BCUT2D eigenvalue weighted by atomic mass is 35.5. The summed E-state index contributed by atoms with van der Waals surface area (Å²) >= 11 is 1.59. The summed E-state index contributed by atoms with van der Waals surface area (Å²) in [7, 11) is 1.73. The Bertz CT molecular complexity index is 494. The number of thioether (sulfide) groups is 1. The Hall–Kier alpha value is -0.760. The van der Waals surface area contributed by atoms with E-state index < -0.39 is 0 Å². The number of amides is 1. The fourth-order valence-electron chi connectivity index (χ4n) is 2.93. The summed E-state index contributed by atoms with van der Waals surface area (Å²) in [6, 6.07) is 0. The third kappa shape index (κ3) is 5.95. The van der Waals surface area contributed by atoms with Gasteiger partial charge in [0.05, 0.1) is 18.1 Å². The van der Waals surface area contributed by atoms with Crippen LogP contribution in [0, 0.1) is 19.3 Å². The van der Waals surface area contributed by atoms with Crippen LogP contribution >= 0.6 is 24.2 Å². The number of carbonyl (C=O) groups is 1. The highest BCUT2D eigenvalue weighted by Crippen LogP contribution is 2.28. The van der Waals surface area contributed by atoms with Gasteiger partial charge < -0.3 is 19.9 Å². The number of halogens is 1. The van der Waals surface area contributed by atoms with Gasteiger partial charge in [-0.05, 0) is 39.8 Å². The van der Waals surface area contributed by atoms with Crippen molar-refractivity contribution in [2.45, 2.75) is 32.4 Å². The zero-order valence-electron chi connectivity index (χ0n) is 14.6. The fraction of sp³-hybridized carbons (Fsp3) is 0.750. The van der Waals surface area contributed by atoms with Gasteiger partial charge in [-0.25, -0.2) is 0 Å². The van der Waals surface area contributed by atoms with Gasteiger partial charge >= 0.3 is 0 Å². The maximum absolute atomic E-state index is 12.1. The van der Waals surface area contributed by atoms with Crippen LogP contribution in [0.1, 0.15) is 29.9 Å². The highest BCUT2D eigenvalue weighted by Gasteiger charge is 2.32. The average Bonchev–Trinajstić information content (AvgIpc) is 2.86. The predicted octanol–water partition coefficient (Wildman–Crippen LogP) is 2.08. The van der Waals surface area contributed by atoms with Gasteiger partial charge in [0.25, 0.3) is 0 Å². The maximum Gasteiger partial charge on any atom is 0.230 e. The van der Waals surface area contributed by atoms with Crippen molar-refractivity contribution in [2.75, 3.05) is 39.1 Å². The molecule has 2 rings (SSSR count). The van der Waals surface area contributed by atoms with Crippen LogP contribution in [-0.4, -0.2) is 50.2 Å². The van der Waals surface area contributed by atoms with E-state index in [1.165, 1.54) is 0 Å². The Morgan fingerprint density at radius 2 is 2.12 bits per heavy atom. The van der Waals surface area contributed by atoms with Gasteiger partial charge in [-0.1, -0.05) is 5.16 Å². The van der Waals surface area contributed by atoms with Gasteiger partial charge in [0.1, 0.15) is 5.76 Å². The smallest absolute Gasteiger partial charge is 0.230 e. The molecule has 0 bridgehead atoms. The highest BCUT2D eigenvalue weighted by molar-refractivity contribution is 7.99. The second kappa shape index (κ2) is 10.3. The number of aryl methyl sites for hydroxylation is 2. The van der Waals surface area contributed by atoms with Crippen LogP contribution in [0.4, 0.5) is 0 Å². The Balaban J connectivity index is 0.00000288. The molecule has 2 heterocycles. The van der Waals surface area contributed by atoms with Crippen LogP contribution in [0.5, 0.6) is 0 Å². The van der Waals surface area contributed by atoms with E-state index in [9.17, 15) is 4.79 Å². The number of methoxy groups -OCH3 is 1. The minimum atomic E-state index is 0. The lowest BCUT2D eigenvalue weighted by molar-refractivity contribution is -0.119. The second-order valence-electron chi connectivity index (χ2n) is 6.26. The summed E-state index contributed by atoms with van der Waals surface area (Å²) < 4.78 is 10.5. The van der Waals surface area contributed by atoms with Gasteiger partial charge in [0, 0.05) is 30.4 Å². The molecule has 0 atom stereocenters. The first-order chi connectivity index (χ1) is 11.1. The van der Waals surface area contributed by atoms with E-state index >= 15 is 0 Å². The Kier molecular flexibility index (Phi) is 9.12. The van der Waals surface area contributed by atoms with Crippen LogP contribution in [-0.2, 0) is 15.3 Å². The summed E-state index contributed by atoms with van der Waals surface area (Å²) in [6.07, 6.45) is 2.07. The van der Waals surface area contributed by atoms with Crippen molar-refractivity contribution in [3.8, 4) is 0 Å². The molecular formula is C16H28ClN3O3S. The molecule has 8 heteroatoms. The van der Waals surface area contributed by atoms with E-state index in [1.807, 2.05) is 13.8 Å². The van der Waals surface area contributed by atoms with Crippen LogP contribution in [0.15, 0.2) is 4.52 Å². The third-order valence-corrected chi connectivity index (χ3v) is 5.40. The first-order valence-corrected chi connectivity index (χ1v) is 9.18. The molecule has 138 valence electrons. The average molecular weight is 378 g/mol. The summed E-state index contributed by atoms with van der Waals surface area (Å²) in [5, 5.41) is 10.4. The van der Waals surface area contributed by atoms with Crippen molar-refractivity contribution >= 4 is 30.1 Å². The molecule has 0 aliphatic carbocycles. The van der Waals surface area contributed by atoms with Gasteiger partial charge in [-0.15, -0.1) is 24.2 Å². The lowest BCUT2D eigenvalue weighted by Gasteiger charge is -2.37. The summed E-state index contributed by atoms with van der Waals surface area (Å²) in [5.41, 5.74) is 2.07. The predicted molar refractivity (Wildman–Crippen MR) is 98.8 cm³/mol. The largest absolute Gasteiger partial charge is 0.384 e. The van der Waals surface area contributed by atoms with Crippen LogP contribution in [0.2, 0.25) is 0 Å². The van der Waals surface area contributed by atoms with Crippen molar-refractivity contribution in [3.63, 3.8) is 0 Å². The lowest BCUT2D eigenvalue weighted by atomic mass is 9.79. The standard InChI is InChI=1S/C16H27N3O3S.ClH/c1-12-14(13(2)22-19-12)8-23-9-15(20)18-10-16(11-21-3)4-6-17-7-5-16;/h17H,4-11H2,1-3H3,(H,18,20);1H. The molecule has 6 nitrogen and oxygen atoms in total. The van der Waals surface area contributed by atoms with E-state index in [-0.39, 0.29) is 23.7 Å². The molecule has 0 aromatic carbocycles. The quantitative estimate of drug-likeness (QED) is 0.722. The molecule has 0 unspecified atom stereocenters. The molecule has 1 aromatic heterocycles. The fourth-order valence-corrected chi connectivity index (χ4v) is 3.93. The van der Waals surface area contributed by atoms with E-state index in [0.717, 1.165) is 48.7 Å². The zero-order valence-corrected chi connectivity index (χ0v) is 16.3. The van der Waals surface area contributed by atoms with Crippen molar-refractivity contribution in [1.82, 2.24) is 15.8 Å².